The molecule has 1 aromatic carbocycles. The van der Waals surface area contributed by atoms with Crippen molar-refractivity contribution in [2.75, 3.05) is 13.1 Å². The number of nitrogens with zero attached hydrogens (tertiary/aromatic N) is 1. The van der Waals surface area contributed by atoms with Crippen molar-refractivity contribution in [2.24, 2.45) is 11.7 Å². The summed E-state index contributed by atoms with van der Waals surface area (Å²) in [6, 6.07) is 4.65. The number of rotatable bonds is 3. The van der Waals surface area contributed by atoms with Gasteiger partial charge < -0.3 is 5.73 Å². The van der Waals surface area contributed by atoms with E-state index in [2.05, 4.69) is 18.7 Å². The Hall–Kier alpha value is -0.640. The third-order valence-corrected chi connectivity index (χ3v) is 3.66. The lowest BCUT2D eigenvalue weighted by atomic mass is 9.99. The maximum atomic E-state index is 14.0. The van der Waals surface area contributed by atoms with Crippen LogP contribution in [0, 0.1) is 11.7 Å². The molecule has 1 aliphatic rings. The normalized spacial score (nSPS) is 25.0. The molecule has 2 nitrogen and oxygen atoms in total. The Balaban J connectivity index is 2.30. The standard InChI is InChI=1S/C14H20ClFN2/c1-9(2)8-18-6-5-13(17)14(18)11-7-10(15)3-4-12(11)16/h3-4,7,9,13-14H,5-6,8,17H2,1-2H3. The first-order valence-corrected chi connectivity index (χ1v) is 6.81. The van der Waals surface area contributed by atoms with E-state index >= 15 is 0 Å². The van der Waals surface area contributed by atoms with Crippen LogP contribution in [-0.4, -0.2) is 24.0 Å². The van der Waals surface area contributed by atoms with E-state index in [1.54, 1.807) is 12.1 Å². The molecule has 0 radical (unpaired) electrons. The third-order valence-electron chi connectivity index (χ3n) is 3.42. The van der Waals surface area contributed by atoms with Crippen molar-refractivity contribution in [1.29, 1.82) is 0 Å². The van der Waals surface area contributed by atoms with E-state index in [4.69, 9.17) is 17.3 Å². The number of nitrogens with two attached hydrogens (primary N) is 1. The van der Waals surface area contributed by atoms with Gasteiger partial charge in [-0.05, 0) is 30.5 Å². The van der Waals surface area contributed by atoms with E-state index in [-0.39, 0.29) is 17.9 Å². The molecule has 100 valence electrons. The van der Waals surface area contributed by atoms with E-state index in [0.717, 1.165) is 19.5 Å². The summed E-state index contributed by atoms with van der Waals surface area (Å²) in [6.07, 6.45) is 0.906. The molecule has 1 heterocycles. The van der Waals surface area contributed by atoms with Gasteiger partial charge in [0.1, 0.15) is 5.82 Å². The van der Waals surface area contributed by atoms with Crippen LogP contribution in [-0.2, 0) is 0 Å². The van der Waals surface area contributed by atoms with Crippen molar-refractivity contribution < 1.29 is 4.39 Å². The highest BCUT2D eigenvalue weighted by molar-refractivity contribution is 6.30. The van der Waals surface area contributed by atoms with Crippen molar-refractivity contribution in [2.45, 2.75) is 32.4 Å². The summed E-state index contributed by atoms with van der Waals surface area (Å²) >= 11 is 5.97. The summed E-state index contributed by atoms with van der Waals surface area (Å²) in [5.74, 6) is 0.329. The third kappa shape index (κ3) is 2.85. The van der Waals surface area contributed by atoms with Crippen LogP contribution in [0.3, 0.4) is 0 Å². The molecule has 0 aromatic heterocycles. The van der Waals surface area contributed by atoms with Crippen molar-refractivity contribution >= 4 is 11.6 Å². The maximum absolute atomic E-state index is 14.0. The van der Waals surface area contributed by atoms with Crippen LogP contribution < -0.4 is 5.73 Å². The fraction of sp³-hybridized carbons (Fsp3) is 0.571. The van der Waals surface area contributed by atoms with Crippen LogP contribution in [0.4, 0.5) is 4.39 Å². The Kier molecular flexibility index (Phi) is 4.25. The fourth-order valence-corrected chi connectivity index (χ4v) is 2.91. The monoisotopic (exact) mass is 270 g/mol. The van der Waals surface area contributed by atoms with E-state index in [1.165, 1.54) is 6.07 Å². The quantitative estimate of drug-likeness (QED) is 0.914. The van der Waals surface area contributed by atoms with Gasteiger partial charge in [0, 0.05) is 29.7 Å². The van der Waals surface area contributed by atoms with Crippen molar-refractivity contribution in [3.05, 3.63) is 34.6 Å². The summed E-state index contributed by atoms with van der Waals surface area (Å²) in [7, 11) is 0. The average Bonchev–Trinajstić information content (AvgIpc) is 2.63. The first-order valence-electron chi connectivity index (χ1n) is 6.43. The molecule has 2 unspecified atom stereocenters. The van der Waals surface area contributed by atoms with Gasteiger partial charge in [-0.3, -0.25) is 4.90 Å². The minimum atomic E-state index is -0.212. The Morgan fingerprint density at radius 1 is 1.50 bits per heavy atom. The van der Waals surface area contributed by atoms with Gasteiger partial charge in [0.2, 0.25) is 0 Å². The molecule has 4 heteroatoms. The lowest BCUT2D eigenvalue weighted by Gasteiger charge is -2.28. The Labute approximate surface area is 113 Å². The summed E-state index contributed by atoms with van der Waals surface area (Å²) in [5, 5.41) is 0.565. The smallest absolute Gasteiger partial charge is 0.128 e. The molecule has 1 aliphatic heterocycles. The Morgan fingerprint density at radius 2 is 2.22 bits per heavy atom. The SMILES string of the molecule is CC(C)CN1CCC(N)C1c1cc(Cl)ccc1F. The summed E-state index contributed by atoms with van der Waals surface area (Å²) in [4.78, 5) is 2.27. The zero-order chi connectivity index (χ0) is 13.3. The molecule has 0 saturated carbocycles. The molecule has 18 heavy (non-hydrogen) atoms. The number of hydrogen-bond donors (Lipinski definition) is 1. The van der Waals surface area contributed by atoms with E-state index in [9.17, 15) is 4.39 Å². The van der Waals surface area contributed by atoms with E-state index in [0.29, 0.717) is 16.5 Å². The molecule has 2 rings (SSSR count). The first kappa shape index (κ1) is 13.8. The van der Waals surface area contributed by atoms with Gasteiger partial charge in [-0.1, -0.05) is 25.4 Å². The molecule has 1 aromatic rings. The zero-order valence-electron chi connectivity index (χ0n) is 10.9. The van der Waals surface area contributed by atoms with Crippen LogP contribution in [0.25, 0.3) is 0 Å². The largest absolute Gasteiger partial charge is 0.326 e. The molecule has 0 aliphatic carbocycles. The Morgan fingerprint density at radius 3 is 2.89 bits per heavy atom. The highest BCUT2D eigenvalue weighted by atomic mass is 35.5. The van der Waals surface area contributed by atoms with Crippen molar-refractivity contribution in [3.8, 4) is 0 Å². The maximum Gasteiger partial charge on any atom is 0.128 e. The molecule has 0 spiro atoms. The fourth-order valence-electron chi connectivity index (χ4n) is 2.73. The zero-order valence-corrected chi connectivity index (χ0v) is 11.6. The van der Waals surface area contributed by atoms with Crippen molar-refractivity contribution in [1.82, 2.24) is 4.90 Å². The molecule has 0 amide bonds. The molecule has 2 atom stereocenters. The lowest BCUT2D eigenvalue weighted by Crippen LogP contribution is -2.34. The minimum absolute atomic E-state index is 0.0169. The van der Waals surface area contributed by atoms with Gasteiger partial charge in [0.05, 0.1) is 6.04 Å². The number of benzene rings is 1. The number of halogens is 2. The first-order chi connectivity index (χ1) is 8.49. The molecule has 1 saturated heterocycles. The molecule has 2 N–H and O–H groups in total. The minimum Gasteiger partial charge on any atom is -0.326 e. The second kappa shape index (κ2) is 5.55. The second-order valence-corrected chi connectivity index (χ2v) is 5.89. The van der Waals surface area contributed by atoms with E-state index in [1.807, 2.05) is 0 Å². The van der Waals surface area contributed by atoms with Gasteiger partial charge in [-0.25, -0.2) is 4.39 Å². The van der Waals surface area contributed by atoms with Crippen molar-refractivity contribution in [3.63, 3.8) is 0 Å². The van der Waals surface area contributed by atoms with Gasteiger partial charge in [0.15, 0.2) is 0 Å². The van der Waals surface area contributed by atoms with Crippen LogP contribution >= 0.6 is 11.6 Å². The molecular formula is C14H20ClFN2. The van der Waals surface area contributed by atoms with E-state index < -0.39 is 0 Å². The van der Waals surface area contributed by atoms with Gasteiger partial charge >= 0.3 is 0 Å². The predicted molar refractivity (Wildman–Crippen MR) is 73.2 cm³/mol. The summed E-state index contributed by atoms with van der Waals surface area (Å²) in [5.41, 5.74) is 6.78. The van der Waals surface area contributed by atoms with Crippen LogP contribution in [0.5, 0.6) is 0 Å². The number of hydrogen-bond acceptors (Lipinski definition) is 2. The van der Waals surface area contributed by atoms with Crippen LogP contribution in [0.2, 0.25) is 5.02 Å². The van der Waals surface area contributed by atoms with Gasteiger partial charge in [-0.15, -0.1) is 0 Å². The summed E-state index contributed by atoms with van der Waals surface area (Å²) < 4.78 is 14.0. The average molecular weight is 271 g/mol. The number of likely N-dealkylation sites (tertiary alicyclic amines) is 1. The topological polar surface area (TPSA) is 29.3 Å². The predicted octanol–water partition coefficient (Wildman–Crippen LogP) is 3.21. The van der Waals surface area contributed by atoms with Crippen LogP contribution in [0.15, 0.2) is 18.2 Å². The molecular weight excluding hydrogens is 251 g/mol. The Bertz CT molecular complexity index is 422. The second-order valence-electron chi connectivity index (χ2n) is 5.45. The highest BCUT2D eigenvalue weighted by Gasteiger charge is 2.34. The highest BCUT2D eigenvalue weighted by Crippen LogP contribution is 2.34. The lowest BCUT2D eigenvalue weighted by molar-refractivity contribution is 0.217. The van der Waals surface area contributed by atoms with Crippen LogP contribution in [0.1, 0.15) is 31.9 Å². The molecule has 0 bridgehead atoms. The molecule has 1 fully saturated rings. The summed E-state index contributed by atoms with van der Waals surface area (Å²) in [6.45, 7) is 6.19. The van der Waals surface area contributed by atoms with Gasteiger partial charge in [-0.2, -0.15) is 0 Å². The van der Waals surface area contributed by atoms with Gasteiger partial charge in [0.25, 0.3) is 0 Å².